The summed E-state index contributed by atoms with van der Waals surface area (Å²) >= 11 is 0. The Hall–Kier alpha value is -2.47. The van der Waals surface area contributed by atoms with Gasteiger partial charge in [-0.2, -0.15) is 0 Å². The lowest BCUT2D eigenvalue weighted by Gasteiger charge is -2.02. The summed E-state index contributed by atoms with van der Waals surface area (Å²) < 4.78 is 24.5. The summed E-state index contributed by atoms with van der Waals surface area (Å²) in [6.07, 6.45) is 1.54. The van der Waals surface area contributed by atoms with E-state index in [1.807, 2.05) is 32.0 Å². The first-order valence-corrected chi connectivity index (χ1v) is 8.09. The fourth-order valence-electron chi connectivity index (χ4n) is 1.94. The zero-order chi connectivity index (χ0) is 16.3. The van der Waals surface area contributed by atoms with Gasteiger partial charge in [-0.15, -0.1) is 0 Å². The number of nitro groups is 1. The third kappa shape index (κ3) is 3.59. The van der Waals surface area contributed by atoms with Gasteiger partial charge in [-0.1, -0.05) is 23.8 Å². The molecule has 0 heterocycles. The standard InChI is InChI=1S/C16H15NO4S/c1-12-3-4-13(2)14(11-12)9-10-22(20,21)16-7-5-15(6-8-16)17(18)19/h3-11H,1-2H3/b10-9+. The smallest absolute Gasteiger partial charge is 0.258 e. The number of aryl methyl sites for hydroxylation is 2. The first-order chi connectivity index (χ1) is 10.3. The molecule has 0 radical (unpaired) electrons. The van der Waals surface area contributed by atoms with Crippen LogP contribution in [0.2, 0.25) is 0 Å². The van der Waals surface area contributed by atoms with Gasteiger partial charge in [-0.25, -0.2) is 8.42 Å². The van der Waals surface area contributed by atoms with E-state index in [-0.39, 0.29) is 10.6 Å². The molecule has 22 heavy (non-hydrogen) atoms. The largest absolute Gasteiger partial charge is 0.269 e. The summed E-state index contributed by atoms with van der Waals surface area (Å²) in [5, 5.41) is 11.7. The number of rotatable bonds is 4. The van der Waals surface area contributed by atoms with E-state index in [1.54, 1.807) is 6.08 Å². The van der Waals surface area contributed by atoms with Crippen molar-refractivity contribution in [2.24, 2.45) is 0 Å². The molecule has 5 nitrogen and oxygen atoms in total. The predicted molar refractivity (Wildman–Crippen MR) is 85.2 cm³/mol. The maximum absolute atomic E-state index is 12.2. The van der Waals surface area contributed by atoms with E-state index in [0.29, 0.717) is 0 Å². The Bertz CT molecular complexity index is 837. The zero-order valence-corrected chi connectivity index (χ0v) is 13.0. The van der Waals surface area contributed by atoms with Crippen molar-refractivity contribution in [2.45, 2.75) is 18.7 Å². The molecule has 0 aliphatic heterocycles. The van der Waals surface area contributed by atoms with Gasteiger partial charge < -0.3 is 0 Å². The molecule has 0 fully saturated rings. The van der Waals surface area contributed by atoms with Gasteiger partial charge in [0.05, 0.1) is 9.82 Å². The van der Waals surface area contributed by atoms with Gasteiger partial charge in [0.25, 0.3) is 5.69 Å². The Balaban J connectivity index is 2.32. The second kappa shape index (κ2) is 6.11. The highest BCUT2D eigenvalue weighted by Gasteiger charge is 2.13. The van der Waals surface area contributed by atoms with Crippen molar-refractivity contribution in [1.82, 2.24) is 0 Å². The highest BCUT2D eigenvalue weighted by Crippen LogP contribution is 2.19. The van der Waals surface area contributed by atoms with Crippen molar-refractivity contribution < 1.29 is 13.3 Å². The highest BCUT2D eigenvalue weighted by atomic mass is 32.2. The van der Waals surface area contributed by atoms with Crippen LogP contribution in [0, 0.1) is 24.0 Å². The third-order valence-electron chi connectivity index (χ3n) is 3.24. The lowest BCUT2D eigenvalue weighted by atomic mass is 10.1. The molecule has 0 bridgehead atoms. The normalized spacial score (nSPS) is 11.7. The van der Waals surface area contributed by atoms with Crippen molar-refractivity contribution in [3.8, 4) is 0 Å². The third-order valence-corrected chi connectivity index (χ3v) is 4.66. The number of non-ortho nitro benzene ring substituents is 1. The van der Waals surface area contributed by atoms with Crippen LogP contribution >= 0.6 is 0 Å². The Morgan fingerprint density at radius 3 is 2.27 bits per heavy atom. The van der Waals surface area contributed by atoms with Gasteiger partial charge in [-0.3, -0.25) is 10.1 Å². The quantitative estimate of drug-likeness (QED) is 0.637. The Labute approximate surface area is 129 Å². The molecule has 114 valence electrons. The molecular weight excluding hydrogens is 302 g/mol. The van der Waals surface area contributed by atoms with Gasteiger partial charge in [0.15, 0.2) is 9.84 Å². The number of hydrogen-bond acceptors (Lipinski definition) is 4. The average molecular weight is 317 g/mol. The van der Waals surface area contributed by atoms with E-state index in [1.165, 1.54) is 24.3 Å². The fourth-order valence-corrected chi connectivity index (χ4v) is 2.94. The highest BCUT2D eigenvalue weighted by molar-refractivity contribution is 7.94. The van der Waals surface area contributed by atoms with Crippen LogP contribution in [0.1, 0.15) is 16.7 Å². The van der Waals surface area contributed by atoms with Crippen molar-refractivity contribution in [3.63, 3.8) is 0 Å². The molecule has 0 aliphatic carbocycles. The SMILES string of the molecule is Cc1ccc(C)c(/C=C/S(=O)(=O)c2ccc([N+](=O)[O-])cc2)c1. The monoisotopic (exact) mass is 317 g/mol. The van der Waals surface area contributed by atoms with Crippen molar-refractivity contribution >= 4 is 21.6 Å². The van der Waals surface area contributed by atoms with Crippen LogP contribution in [0.5, 0.6) is 0 Å². The Morgan fingerprint density at radius 1 is 1.05 bits per heavy atom. The summed E-state index contributed by atoms with van der Waals surface area (Å²) in [7, 11) is -3.63. The molecule has 2 rings (SSSR count). The van der Waals surface area contributed by atoms with E-state index in [2.05, 4.69) is 0 Å². The van der Waals surface area contributed by atoms with Crippen LogP contribution in [0.25, 0.3) is 6.08 Å². The topological polar surface area (TPSA) is 77.3 Å². The molecular formula is C16H15NO4S. The summed E-state index contributed by atoms with van der Waals surface area (Å²) in [6.45, 7) is 3.83. The second-order valence-electron chi connectivity index (χ2n) is 4.96. The number of nitrogens with zero attached hydrogens (tertiary/aromatic N) is 1. The fraction of sp³-hybridized carbons (Fsp3) is 0.125. The van der Waals surface area contributed by atoms with Gasteiger partial charge in [0, 0.05) is 17.5 Å². The van der Waals surface area contributed by atoms with Crippen LogP contribution in [-0.2, 0) is 9.84 Å². The predicted octanol–water partition coefficient (Wildman–Crippen LogP) is 3.66. The van der Waals surface area contributed by atoms with E-state index in [4.69, 9.17) is 0 Å². The maximum Gasteiger partial charge on any atom is 0.269 e. The van der Waals surface area contributed by atoms with E-state index in [0.717, 1.165) is 22.1 Å². The zero-order valence-electron chi connectivity index (χ0n) is 12.2. The molecule has 2 aromatic carbocycles. The molecule has 0 spiro atoms. The summed E-state index contributed by atoms with van der Waals surface area (Å²) in [5.74, 6) is 0. The summed E-state index contributed by atoms with van der Waals surface area (Å²) in [5.41, 5.74) is 2.70. The lowest BCUT2D eigenvalue weighted by Crippen LogP contribution is -1.97. The molecule has 0 saturated heterocycles. The molecule has 0 amide bonds. The molecule has 2 aromatic rings. The Kier molecular flexibility index (Phi) is 4.42. The molecule has 0 aliphatic rings. The van der Waals surface area contributed by atoms with Crippen LogP contribution in [0.3, 0.4) is 0 Å². The van der Waals surface area contributed by atoms with Crippen molar-refractivity contribution in [3.05, 3.63) is 74.7 Å². The van der Waals surface area contributed by atoms with E-state index in [9.17, 15) is 18.5 Å². The number of hydrogen-bond donors (Lipinski definition) is 0. The number of sulfone groups is 1. The molecule has 0 saturated carbocycles. The van der Waals surface area contributed by atoms with E-state index >= 15 is 0 Å². The minimum Gasteiger partial charge on any atom is -0.258 e. The van der Waals surface area contributed by atoms with Gasteiger partial charge in [-0.05, 0) is 43.2 Å². The lowest BCUT2D eigenvalue weighted by molar-refractivity contribution is -0.384. The summed E-state index contributed by atoms with van der Waals surface area (Å²) in [6, 6.07) is 10.6. The average Bonchev–Trinajstić information content (AvgIpc) is 2.48. The van der Waals surface area contributed by atoms with Gasteiger partial charge in [0.1, 0.15) is 0 Å². The molecule has 6 heteroatoms. The van der Waals surface area contributed by atoms with Crippen LogP contribution in [0.4, 0.5) is 5.69 Å². The van der Waals surface area contributed by atoms with Gasteiger partial charge in [0.2, 0.25) is 0 Å². The Morgan fingerprint density at radius 2 is 1.68 bits per heavy atom. The van der Waals surface area contributed by atoms with Crippen LogP contribution in [0.15, 0.2) is 52.8 Å². The first-order valence-electron chi connectivity index (χ1n) is 6.54. The number of benzene rings is 2. The minimum atomic E-state index is -3.63. The van der Waals surface area contributed by atoms with Crippen LogP contribution in [-0.4, -0.2) is 13.3 Å². The van der Waals surface area contributed by atoms with E-state index < -0.39 is 14.8 Å². The van der Waals surface area contributed by atoms with Gasteiger partial charge >= 0.3 is 0 Å². The maximum atomic E-state index is 12.2. The molecule has 0 unspecified atom stereocenters. The first kappa shape index (κ1) is 15.9. The van der Waals surface area contributed by atoms with Crippen molar-refractivity contribution in [2.75, 3.05) is 0 Å². The molecule has 0 aromatic heterocycles. The minimum absolute atomic E-state index is 0.0275. The molecule has 0 N–H and O–H groups in total. The molecule has 0 atom stereocenters. The van der Waals surface area contributed by atoms with Crippen molar-refractivity contribution in [1.29, 1.82) is 0 Å². The van der Waals surface area contributed by atoms with Crippen LogP contribution < -0.4 is 0 Å². The number of nitro benzene ring substituents is 1. The second-order valence-corrected chi connectivity index (χ2v) is 6.79. The summed E-state index contributed by atoms with van der Waals surface area (Å²) in [4.78, 5) is 10.0.